The highest BCUT2D eigenvalue weighted by Crippen LogP contribution is 2.21. The zero-order chi connectivity index (χ0) is 18.2. The van der Waals surface area contributed by atoms with E-state index in [9.17, 15) is 9.59 Å². The topological polar surface area (TPSA) is 74.8 Å². The van der Waals surface area contributed by atoms with Crippen LogP contribution in [-0.2, 0) is 9.59 Å². The summed E-state index contributed by atoms with van der Waals surface area (Å²) >= 11 is 6.13. The van der Waals surface area contributed by atoms with Crippen molar-refractivity contribution in [3.63, 3.8) is 0 Å². The molecule has 0 saturated heterocycles. The number of aryl methyl sites for hydroxylation is 1. The summed E-state index contributed by atoms with van der Waals surface area (Å²) in [6.07, 6.45) is 0. The maximum Gasteiger partial charge on any atom is 0.287 e. The van der Waals surface area contributed by atoms with E-state index in [-0.39, 0.29) is 11.8 Å². The van der Waals surface area contributed by atoms with Crippen molar-refractivity contribution in [3.8, 4) is 0 Å². The number of halogens is 1. The molecule has 4 N–H and O–H groups in total. The van der Waals surface area contributed by atoms with Crippen LogP contribution >= 0.6 is 11.6 Å². The molecule has 6 heteroatoms. The molecule has 0 aliphatic carbocycles. The van der Waals surface area contributed by atoms with Crippen molar-refractivity contribution < 1.29 is 14.9 Å². The molecule has 2 amide bonds. The van der Waals surface area contributed by atoms with Gasteiger partial charge in [-0.3, -0.25) is 9.59 Å². The van der Waals surface area contributed by atoms with E-state index >= 15 is 0 Å². The highest BCUT2D eigenvalue weighted by molar-refractivity contribution is 6.31. The highest BCUT2D eigenvalue weighted by atomic mass is 35.5. The number of benzene rings is 2. The zero-order valence-electron chi connectivity index (χ0n) is 14.4. The molecule has 1 atom stereocenters. The van der Waals surface area contributed by atoms with Crippen LogP contribution in [0.1, 0.15) is 24.1 Å². The number of quaternary nitrogens is 1. The number of nitrogens with two attached hydrogens (primary N) is 1. The van der Waals surface area contributed by atoms with Gasteiger partial charge in [0.25, 0.3) is 5.91 Å². The van der Waals surface area contributed by atoms with Gasteiger partial charge in [0.05, 0.1) is 13.1 Å². The van der Waals surface area contributed by atoms with Gasteiger partial charge in [-0.15, -0.1) is 0 Å². The fourth-order valence-corrected chi connectivity index (χ4v) is 2.62. The van der Waals surface area contributed by atoms with Crippen molar-refractivity contribution in [2.24, 2.45) is 0 Å². The van der Waals surface area contributed by atoms with E-state index in [2.05, 4.69) is 10.6 Å². The number of rotatable bonds is 7. The number of hydrogen-bond acceptors (Lipinski definition) is 2. The maximum absolute atomic E-state index is 12.8. The number of carbonyl (C=O) groups is 2. The Morgan fingerprint density at radius 2 is 1.88 bits per heavy atom. The average Bonchev–Trinajstić information content (AvgIpc) is 2.58. The summed E-state index contributed by atoms with van der Waals surface area (Å²) in [5, 5.41) is 8.18. The number of hydrogen-bond donors (Lipinski definition) is 3. The quantitative estimate of drug-likeness (QED) is 0.661. The van der Waals surface area contributed by atoms with Crippen LogP contribution in [0.5, 0.6) is 0 Å². The summed E-state index contributed by atoms with van der Waals surface area (Å²) in [5.74, 6) is -0.211. The Labute approximate surface area is 152 Å². The van der Waals surface area contributed by atoms with E-state index in [1.165, 1.54) is 6.92 Å². The standard InChI is InChI=1S/C19H22ClN3O2/c1-13-8-9-16(12-17(13)20)23-19(25)18(15-6-4-3-5-7-15)22-11-10-21-14(2)24/h3-9,12,18,22H,10-11H2,1-2H3,(H,21,24)(H,23,25)/p+1/t18-/m0/s1. The fourth-order valence-electron chi connectivity index (χ4n) is 2.44. The minimum Gasteiger partial charge on any atom is -0.351 e. The number of nitrogens with one attached hydrogen (secondary N) is 2. The molecule has 5 nitrogen and oxygen atoms in total. The van der Waals surface area contributed by atoms with E-state index < -0.39 is 6.04 Å². The first kappa shape index (κ1) is 19.0. The van der Waals surface area contributed by atoms with Gasteiger partial charge in [-0.2, -0.15) is 0 Å². The molecule has 0 radical (unpaired) electrons. The smallest absolute Gasteiger partial charge is 0.287 e. The monoisotopic (exact) mass is 360 g/mol. The molecule has 0 aliphatic rings. The highest BCUT2D eigenvalue weighted by Gasteiger charge is 2.24. The Morgan fingerprint density at radius 1 is 1.16 bits per heavy atom. The maximum atomic E-state index is 12.8. The Hall–Kier alpha value is -2.37. The van der Waals surface area contributed by atoms with Crippen molar-refractivity contribution >= 4 is 29.1 Å². The summed E-state index contributed by atoms with van der Waals surface area (Å²) in [4.78, 5) is 23.7. The molecular formula is C19H23ClN3O2+. The first-order valence-corrected chi connectivity index (χ1v) is 8.55. The summed E-state index contributed by atoms with van der Waals surface area (Å²) in [6, 6.07) is 14.6. The number of amides is 2. The summed E-state index contributed by atoms with van der Waals surface area (Å²) in [6.45, 7) is 4.49. The van der Waals surface area contributed by atoms with E-state index in [1.54, 1.807) is 6.07 Å². The van der Waals surface area contributed by atoms with Crippen molar-refractivity contribution in [1.82, 2.24) is 5.32 Å². The third kappa shape index (κ3) is 5.89. The van der Waals surface area contributed by atoms with Crippen molar-refractivity contribution in [2.45, 2.75) is 19.9 Å². The SMILES string of the molecule is CC(=O)NCC[NH2+][C@H](C(=O)Nc1ccc(C)c(Cl)c1)c1ccccc1. The van der Waals surface area contributed by atoms with Gasteiger partial charge in [-0.25, -0.2) is 0 Å². The Bertz CT molecular complexity index is 735. The Morgan fingerprint density at radius 3 is 2.52 bits per heavy atom. The molecule has 0 aliphatic heterocycles. The van der Waals surface area contributed by atoms with Crippen LogP contribution in [0.4, 0.5) is 5.69 Å². The normalized spacial score (nSPS) is 11.6. The van der Waals surface area contributed by atoms with Gasteiger partial charge in [0.15, 0.2) is 6.04 Å². The van der Waals surface area contributed by atoms with Gasteiger partial charge >= 0.3 is 0 Å². The fraction of sp³-hybridized carbons (Fsp3) is 0.263. The van der Waals surface area contributed by atoms with E-state index in [0.29, 0.717) is 23.8 Å². The van der Waals surface area contributed by atoms with E-state index in [4.69, 9.17) is 11.6 Å². The third-order valence-electron chi connectivity index (χ3n) is 3.80. The first-order chi connectivity index (χ1) is 12.0. The van der Waals surface area contributed by atoms with Gasteiger partial charge in [-0.05, 0) is 24.6 Å². The molecule has 0 spiro atoms. The first-order valence-electron chi connectivity index (χ1n) is 8.17. The molecular weight excluding hydrogens is 338 g/mol. The minimum atomic E-state index is -0.407. The summed E-state index contributed by atoms with van der Waals surface area (Å²) < 4.78 is 0. The second kappa shape index (κ2) is 9.20. The third-order valence-corrected chi connectivity index (χ3v) is 4.21. The van der Waals surface area contributed by atoms with Gasteiger partial charge in [0.2, 0.25) is 5.91 Å². The van der Waals surface area contributed by atoms with Crippen LogP contribution in [0.15, 0.2) is 48.5 Å². The lowest BCUT2D eigenvalue weighted by Gasteiger charge is -2.16. The van der Waals surface area contributed by atoms with Gasteiger partial charge in [0, 0.05) is 23.2 Å². The zero-order valence-corrected chi connectivity index (χ0v) is 15.1. The number of anilines is 1. The van der Waals surface area contributed by atoms with Crippen LogP contribution in [-0.4, -0.2) is 24.9 Å². The molecule has 2 aromatic rings. The molecule has 0 fully saturated rings. The Kier molecular flexibility index (Phi) is 6.98. The molecule has 0 aromatic heterocycles. The number of carbonyl (C=O) groups excluding carboxylic acids is 2. The van der Waals surface area contributed by atoms with E-state index in [1.807, 2.05) is 54.7 Å². The van der Waals surface area contributed by atoms with Gasteiger partial charge in [-0.1, -0.05) is 48.0 Å². The molecule has 0 saturated carbocycles. The lowest BCUT2D eigenvalue weighted by atomic mass is 10.1. The van der Waals surface area contributed by atoms with Gasteiger partial charge < -0.3 is 16.0 Å². The lowest BCUT2D eigenvalue weighted by molar-refractivity contribution is -0.680. The summed E-state index contributed by atoms with van der Waals surface area (Å²) in [5.41, 5.74) is 2.53. The second-order valence-corrected chi connectivity index (χ2v) is 6.26. The molecule has 0 heterocycles. The van der Waals surface area contributed by atoms with Crippen molar-refractivity contribution in [1.29, 1.82) is 0 Å². The molecule has 132 valence electrons. The minimum absolute atomic E-state index is 0.0802. The second-order valence-electron chi connectivity index (χ2n) is 5.85. The van der Waals surface area contributed by atoms with Crippen LogP contribution in [0.25, 0.3) is 0 Å². The summed E-state index contributed by atoms with van der Waals surface area (Å²) in [7, 11) is 0. The van der Waals surface area contributed by atoms with Crippen LogP contribution in [0, 0.1) is 6.92 Å². The van der Waals surface area contributed by atoms with Crippen molar-refractivity contribution in [2.75, 3.05) is 18.4 Å². The van der Waals surface area contributed by atoms with Crippen molar-refractivity contribution in [3.05, 3.63) is 64.7 Å². The predicted octanol–water partition coefficient (Wildman–Crippen LogP) is 2.03. The largest absolute Gasteiger partial charge is 0.351 e. The molecule has 2 rings (SSSR count). The van der Waals surface area contributed by atoms with Gasteiger partial charge in [0.1, 0.15) is 0 Å². The molecule has 0 unspecified atom stereocenters. The Balaban J connectivity index is 2.09. The molecule has 0 bridgehead atoms. The van der Waals surface area contributed by atoms with Crippen LogP contribution < -0.4 is 16.0 Å². The van der Waals surface area contributed by atoms with Crippen LogP contribution in [0.3, 0.4) is 0 Å². The predicted molar refractivity (Wildman–Crippen MR) is 99.5 cm³/mol. The molecule has 2 aromatic carbocycles. The lowest BCUT2D eigenvalue weighted by Crippen LogP contribution is -2.88. The van der Waals surface area contributed by atoms with Crippen LogP contribution in [0.2, 0.25) is 5.02 Å². The molecule has 25 heavy (non-hydrogen) atoms. The van der Waals surface area contributed by atoms with E-state index in [0.717, 1.165) is 11.1 Å². The average molecular weight is 361 g/mol.